The van der Waals surface area contributed by atoms with Gasteiger partial charge in [0.25, 0.3) is 0 Å². The summed E-state index contributed by atoms with van der Waals surface area (Å²) < 4.78 is 5.74. The molecule has 0 amide bonds. The van der Waals surface area contributed by atoms with E-state index in [-0.39, 0.29) is 24.0 Å². The number of halogens is 1. The summed E-state index contributed by atoms with van der Waals surface area (Å²) in [7, 11) is 4.26. The Balaban J connectivity index is 0. The molecule has 1 nitrogen and oxygen atoms in total. The molecule has 1 heterocycles. The van der Waals surface area contributed by atoms with E-state index in [0.717, 1.165) is 36.1 Å². The molecule has 0 saturated carbocycles. The molecule has 1 fully saturated rings. The van der Waals surface area contributed by atoms with E-state index in [1.54, 1.807) is 0 Å². The topological polar surface area (TPSA) is 25.6 Å². The Morgan fingerprint density at radius 3 is 2.15 bits per heavy atom. The maximum absolute atomic E-state index is 5.74. The van der Waals surface area contributed by atoms with Gasteiger partial charge in [-0.2, -0.15) is 0 Å². The Labute approximate surface area is 122 Å². The molecular formula is C6H14BINS3Se. The third kappa shape index (κ3) is 8.02. The Kier molecular flexibility index (Phi) is 14.3. The first kappa shape index (κ1) is 15.2. The fraction of sp³-hybridized carbons (Fsp3) is 1.00. The zero-order valence-corrected chi connectivity index (χ0v) is 13.6. The molecular weight excluding hydrogens is 399 g/mol. The second-order valence-electron chi connectivity index (χ2n) is 2.28. The number of hydrogen-bond acceptors (Lipinski definition) is 3. The van der Waals surface area contributed by atoms with Gasteiger partial charge >= 0.3 is 99.0 Å². The van der Waals surface area contributed by atoms with E-state index < -0.39 is 0 Å². The maximum Gasteiger partial charge on any atom is -1.00 e. The van der Waals surface area contributed by atoms with Crippen molar-refractivity contribution in [1.82, 2.24) is 0 Å². The summed E-state index contributed by atoms with van der Waals surface area (Å²) in [6.07, 6.45) is 0. The van der Waals surface area contributed by atoms with E-state index in [1.807, 2.05) is 0 Å². The second-order valence-corrected chi connectivity index (χ2v) is 7.46. The van der Waals surface area contributed by atoms with Crippen molar-refractivity contribution in [2.45, 2.75) is 9.63 Å². The van der Waals surface area contributed by atoms with Crippen molar-refractivity contribution in [3.05, 3.63) is 0 Å². The van der Waals surface area contributed by atoms with Crippen LogP contribution < -0.4 is 29.3 Å². The summed E-state index contributed by atoms with van der Waals surface area (Å²) in [5, 5.41) is 1.50. The normalized spacial score (nSPS) is 27.3. The van der Waals surface area contributed by atoms with Gasteiger partial charge in [0.1, 0.15) is 0 Å². The second kappa shape index (κ2) is 12.2. The molecule has 7 heteroatoms. The van der Waals surface area contributed by atoms with Crippen molar-refractivity contribution in [2.24, 2.45) is 0 Å². The van der Waals surface area contributed by atoms with Gasteiger partial charge in [0.05, 0.1) is 0 Å². The van der Waals surface area contributed by atoms with Crippen LogP contribution in [0.2, 0.25) is 11.0 Å². The molecule has 0 aromatic carbocycles. The van der Waals surface area contributed by atoms with Crippen LogP contribution in [0.5, 0.6) is 0 Å². The molecule has 2 N–H and O–H groups in total. The monoisotopic (exact) mass is 415 g/mol. The van der Waals surface area contributed by atoms with Crippen LogP contribution in [-0.4, -0.2) is 45.6 Å². The van der Waals surface area contributed by atoms with Gasteiger partial charge in [0.15, 0.2) is 0 Å². The first-order valence-corrected chi connectivity index (χ1v) is 8.00. The minimum absolute atomic E-state index is 0. The molecule has 1 rings (SSSR count). The first-order valence-electron chi connectivity index (χ1n) is 4.10. The molecule has 0 aliphatic carbocycles. The Morgan fingerprint density at radius 2 is 1.85 bits per heavy atom. The van der Waals surface area contributed by atoms with E-state index in [4.69, 9.17) is 1.41 Å². The van der Waals surface area contributed by atoms with Crippen molar-refractivity contribution in [2.75, 3.05) is 23.0 Å². The molecule has 2 unspecified atom stereocenters. The molecule has 2 atom stereocenters. The molecule has 1 saturated heterocycles. The fourth-order valence-corrected chi connectivity index (χ4v) is 7.13. The van der Waals surface area contributed by atoms with E-state index in [2.05, 4.69) is 44.7 Å². The van der Waals surface area contributed by atoms with E-state index in [1.165, 1.54) is 16.8 Å². The van der Waals surface area contributed by atoms with Gasteiger partial charge in [0, 0.05) is 0 Å². The zero-order chi connectivity index (χ0) is 10.1. The molecule has 1 radical (unpaired) electrons. The molecule has 0 aromatic heterocycles. The number of rotatable bonds is 2. The smallest absolute Gasteiger partial charge is 1.00 e. The quantitative estimate of drug-likeness (QED) is 0.251. The van der Waals surface area contributed by atoms with Crippen molar-refractivity contribution in [3.8, 4) is 0 Å². The van der Waals surface area contributed by atoms with Crippen LogP contribution >= 0.6 is 37.0 Å². The minimum atomic E-state index is 0. The molecule has 0 bridgehead atoms. The molecule has 0 aromatic rings. The van der Waals surface area contributed by atoms with Gasteiger partial charge in [-0.25, -0.2) is 0 Å². The SMILES string of the molecule is SCC1CSCC(CS)[Se]1.[2H][NH+]=[B].[I-]. The van der Waals surface area contributed by atoms with Crippen molar-refractivity contribution < 1.29 is 30.7 Å². The first-order chi connectivity index (χ1) is 6.28. The van der Waals surface area contributed by atoms with Crippen LogP contribution in [0.3, 0.4) is 0 Å². The van der Waals surface area contributed by atoms with E-state index >= 15 is 0 Å². The van der Waals surface area contributed by atoms with Crippen LogP contribution in [0, 0.1) is 0 Å². The number of hydrogen-bond donors (Lipinski definition) is 3. The predicted octanol–water partition coefficient (Wildman–Crippen LogP) is -3.02. The third-order valence-corrected chi connectivity index (χ3v) is 8.63. The minimum Gasteiger partial charge on any atom is -1.00 e. The van der Waals surface area contributed by atoms with Crippen LogP contribution in [0.25, 0.3) is 0 Å². The number of nitrogens with two attached hydrogens (primary N) is 1. The van der Waals surface area contributed by atoms with Crippen LogP contribution in [-0.2, 0) is 0 Å². The fourth-order valence-electron chi connectivity index (χ4n) is 0.873. The van der Waals surface area contributed by atoms with Gasteiger partial charge in [0.2, 0.25) is 0 Å². The number of thiol groups is 2. The maximum atomic E-state index is 5.74. The Hall–Kier alpha value is 2.16. The van der Waals surface area contributed by atoms with E-state index in [9.17, 15) is 0 Å². The van der Waals surface area contributed by atoms with Crippen LogP contribution in [0.1, 0.15) is 0 Å². The average molecular weight is 414 g/mol. The Bertz CT molecular complexity index is 138. The van der Waals surface area contributed by atoms with Gasteiger partial charge in [-0.05, 0) is 0 Å². The molecule has 1 aliphatic heterocycles. The average Bonchev–Trinajstić information content (AvgIpc) is 2.19. The van der Waals surface area contributed by atoms with Gasteiger partial charge in [-0.15, -0.1) is 0 Å². The number of thioether (sulfide) groups is 1. The summed E-state index contributed by atoms with van der Waals surface area (Å²) >= 11 is 11.5. The summed E-state index contributed by atoms with van der Waals surface area (Å²) in [6.45, 7) is 0. The van der Waals surface area contributed by atoms with E-state index in [0.29, 0.717) is 0 Å². The van der Waals surface area contributed by atoms with Crippen molar-refractivity contribution >= 4 is 59.6 Å². The zero-order valence-electron chi connectivity index (χ0n) is 8.15. The predicted molar refractivity (Wildman–Crippen MR) is 66.0 cm³/mol. The summed E-state index contributed by atoms with van der Waals surface area (Å²) in [5.41, 5.74) is 0. The van der Waals surface area contributed by atoms with Crippen LogP contribution in [0.15, 0.2) is 0 Å². The molecule has 1 aliphatic rings. The van der Waals surface area contributed by atoms with Gasteiger partial charge in [-0.3, -0.25) is 0 Å². The summed E-state index contributed by atoms with van der Waals surface area (Å²) in [6, 6.07) is 0. The summed E-state index contributed by atoms with van der Waals surface area (Å²) in [5.74, 6) is 4.84. The molecule has 77 valence electrons. The Morgan fingerprint density at radius 1 is 1.46 bits per heavy atom. The van der Waals surface area contributed by atoms with Gasteiger partial charge in [-0.1, -0.05) is 0 Å². The molecule has 0 spiro atoms. The van der Waals surface area contributed by atoms with Crippen LogP contribution in [0.4, 0.5) is 0 Å². The third-order valence-electron chi connectivity index (χ3n) is 1.40. The molecule has 13 heavy (non-hydrogen) atoms. The van der Waals surface area contributed by atoms with Crippen molar-refractivity contribution in [3.63, 3.8) is 0 Å². The largest absolute Gasteiger partial charge is 1.00 e. The summed E-state index contributed by atoms with van der Waals surface area (Å²) in [4.78, 5) is 1.82. The standard InChI is InChI=1S/C6H12S3Se.BH2N.HI/c7-1-5-3-9-4-6(2-8)10-5;1-2;/h5-8H,1-4H2;2H2;1H/q;+1;/p-1/i;2D;. The van der Waals surface area contributed by atoms with Crippen molar-refractivity contribution in [1.29, 1.82) is 0 Å². The van der Waals surface area contributed by atoms with Gasteiger partial charge < -0.3 is 24.0 Å².